The van der Waals surface area contributed by atoms with E-state index in [0.717, 1.165) is 22.3 Å². The Labute approximate surface area is 309 Å². The Bertz CT molecular complexity index is 1980. The van der Waals surface area contributed by atoms with Crippen molar-refractivity contribution in [1.82, 2.24) is 0 Å². The van der Waals surface area contributed by atoms with Gasteiger partial charge in [-0.1, -0.05) is 109 Å². The van der Waals surface area contributed by atoms with E-state index in [0.29, 0.717) is 36.9 Å². The van der Waals surface area contributed by atoms with Gasteiger partial charge in [-0.2, -0.15) is 0 Å². The van der Waals surface area contributed by atoms with Crippen molar-refractivity contribution < 1.29 is 43.1 Å². The molecule has 5 aromatic rings. The minimum absolute atomic E-state index is 0.00458. The lowest BCUT2D eigenvalue weighted by Crippen LogP contribution is -2.57. The van der Waals surface area contributed by atoms with E-state index in [9.17, 15) is 9.90 Å². The highest BCUT2D eigenvalue weighted by atomic mass is 16.6. The Morgan fingerprint density at radius 2 is 1.32 bits per heavy atom. The molecule has 0 bridgehead atoms. The molecule has 53 heavy (non-hydrogen) atoms. The summed E-state index contributed by atoms with van der Waals surface area (Å²) in [6.07, 6.45) is -0.220. The van der Waals surface area contributed by atoms with Crippen LogP contribution in [0.2, 0.25) is 0 Å². The van der Waals surface area contributed by atoms with Gasteiger partial charge in [0.2, 0.25) is 0 Å². The zero-order chi connectivity index (χ0) is 36.6. The number of phenolic OH excluding ortho intramolecular Hbond substituents is 1. The van der Waals surface area contributed by atoms with Gasteiger partial charge in [0.15, 0.2) is 11.9 Å². The maximum atomic E-state index is 13.7. The first-order valence-electron chi connectivity index (χ1n) is 17.6. The number of carbonyl (C=O) groups excluding carboxylic acids is 1. The topological polar surface area (TPSA) is 102 Å². The van der Waals surface area contributed by atoms with Gasteiger partial charge in [0, 0.05) is 6.07 Å². The largest absolute Gasteiger partial charge is 0.507 e. The molecule has 0 aromatic heterocycles. The van der Waals surface area contributed by atoms with Crippen LogP contribution in [0, 0.1) is 0 Å². The van der Waals surface area contributed by atoms with Gasteiger partial charge >= 0.3 is 0 Å². The monoisotopic (exact) mass is 714 g/mol. The normalized spacial score (nSPS) is 20.4. The van der Waals surface area contributed by atoms with Gasteiger partial charge in [0.25, 0.3) is 0 Å². The van der Waals surface area contributed by atoms with Crippen LogP contribution >= 0.6 is 0 Å². The van der Waals surface area contributed by atoms with Crippen molar-refractivity contribution in [3.8, 4) is 23.0 Å². The summed E-state index contributed by atoms with van der Waals surface area (Å²) in [5.41, 5.74) is 4.31. The highest BCUT2D eigenvalue weighted by molar-refractivity contribution is 6.11. The van der Waals surface area contributed by atoms with Gasteiger partial charge in [-0.3, -0.25) is 4.79 Å². The molecular weight excluding hydrogens is 672 g/mol. The zero-order valence-corrected chi connectivity index (χ0v) is 29.6. The molecule has 0 amide bonds. The molecule has 0 aliphatic carbocycles. The van der Waals surface area contributed by atoms with Crippen LogP contribution in [0.25, 0.3) is 6.08 Å². The predicted molar refractivity (Wildman–Crippen MR) is 199 cm³/mol. The second-order valence-corrected chi connectivity index (χ2v) is 12.9. The lowest BCUT2D eigenvalue weighted by Gasteiger charge is -2.43. The van der Waals surface area contributed by atoms with E-state index in [-0.39, 0.29) is 23.7 Å². The quantitative estimate of drug-likeness (QED) is 0.0857. The van der Waals surface area contributed by atoms with Crippen LogP contribution < -0.4 is 14.2 Å². The molecule has 0 saturated carbocycles. The summed E-state index contributed by atoms with van der Waals surface area (Å²) in [4.78, 5) is 13.7. The Hall–Kier alpha value is -5.45. The average Bonchev–Trinajstić information content (AvgIpc) is 3.56. The van der Waals surface area contributed by atoms with Crippen LogP contribution in [0.3, 0.4) is 0 Å². The lowest BCUT2D eigenvalue weighted by molar-refractivity contribution is -0.250. The molecule has 9 nitrogen and oxygen atoms in total. The molecule has 1 N–H and O–H groups in total. The van der Waals surface area contributed by atoms with Crippen LogP contribution in [-0.4, -0.2) is 56.1 Å². The summed E-state index contributed by atoms with van der Waals surface area (Å²) in [6, 6.07) is 38.5. The Morgan fingerprint density at radius 3 is 1.91 bits per heavy atom. The molecule has 1 fully saturated rings. The molecule has 272 valence electrons. The molecule has 0 unspecified atom stereocenters. The number of rotatable bonds is 15. The summed E-state index contributed by atoms with van der Waals surface area (Å²) in [6.45, 7) is 1.16. The van der Waals surface area contributed by atoms with Crippen molar-refractivity contribution in [1.29, 1.82) is 0 Å². The van der Waals surface area contributed by atoms with Gasteiger partial charge < -0.3 is 38.3 Å². The summed E-state index contributed by atoms with van der Waals surface area (Å²) in [7, 11) is 3.06. The van der Waals surface area contributed by atoms with Crippen LogP contribution in [0.15, 0.2) is 127 Å². The Balaban J connectivity index is 1.22. The van der Waals surface area contributed by atoms with Crippen LogP contribution in [-0.2, 0) is 38.8 Å². The number of phenols is 1. The number of ketones is 1. The first kappa shape index (κ1) is 35.9. The van der Waals surface area contributed by atoms with E-state index in [2.05, 4.69) is 0 Å². The number of carbonyl (C=O) groups is 1. The third-order valence-electron chi connectivity index (χ3n) is 9.40. The van der Waals surface area contributed by atoms with Gasteiger partial charge in [-0.15, -0.1) is 0 Å². The number of aromatic hydroxyl groups is 1. The van der Waals surface area contributed by atoms with E-state index in [1.165, 1.54) is 19.3 Å². The first-order valence-corrected chi connectivity index (χ1v) is 17.6. The Kier molecular flexibility index (Phi) is 11.5. The molecule has 9 heteroatoms. The Morgan fingerprint density at radius 1 is 0.736 bits per heavy atom. The third-order valence-corrected chi connectivity index (χ3v) is 9.40. The summed E-state index contributed by atoms with van der Waals surface area (Å²) >= 11 is 0. The fourth-order valence-corrected chi connectivity index (χ4v) is 6.77. The SMILES string of the molecule is COc1ccc(C=CC(=O)c2c(O)cc3c(c2OC)[C@@H]2O[C@H](COCc4ccccc4)[C@@H](OCc4ccccc4)[C@H](OCc4ccccc4)[C@@H]2O3)cc1. The molecule has 5 aromatic carbocycles. The van der Waals surface area contributed by atoms with E-state index >= 15 is 0 Å². The van der Waals surface area contributed by atoms with E-state index in [1.807, 2.05) is 115 Å². The average molecular weight is 715 g/mol. The fraction of sp³-hybridized carbons (Fsp3) is 0.250. The van der Waals surface area contributed by atoms with Crippen molar-refractivity contribution in [3.05, 3.63) is 161 Å². The van der Waals surface area contributed by atoms with E-state index < -0.39 is 36.3 Å². The molecule has 2 aliphatic rings. The summed E-state index contributed by atoms with van der Waals surface area (Å²) in [5, 5.41) is 11.3. The second kappa shape index (κ2) is 16.9. The summed E-state index contributed by atoms with van der Waals surface area (Å²) < 4.78 is 44.2. The number of benzene rings is 5. The van der Waals surface area contributed by atoms with Gasteiger partial charge in [-0.05, 0) is 40.5 Å². The number of hydrogen-bond acceptors (Lipinski definition) is 9. The number of fused-ring (bicyclic) bond motifs is 3. The highest BCUT2D eigenvalue weighted by Gasteiger charge is 2.54. The molecule has 2 aliphatic heterocycles. The van der Waals surface area contributed by atoms with Crippen LogP contribution in [0.1, 0.15) is 44.3 Å². The van der Waals surface area contributed by atoms with Gasteiger partial charge in [0.1, 0.15) is 53.0 Å². The number of ether oxygens (including phenoxy) is 7. The number of allylic oxidation sites excluding steroid dienone is 1. The minimum Gasteiger partial charge on any atom is -0.507 e. The first-order chi connectivity index (χ1) is 26.0. The smallest absolute Gasteiger partial charge is 0.193 e. The van der Waals surface area contributed by atoms with E-state index in [1.54, 1.807) is 13.2 Å². The van der Waals surface area contributed by atoms with Crippen LogP contribution in [0.5, 0.6) is 23.0 Å². The molecule has 0 radical (unpaired) electrons. The summed E-state index contributed by atoms with van der Waals surface area (Å²) in [5.74, 6) is 0.499. The fourth-order valence-electron chi connectivity index (χ4n) is 6.77. The van der Waals surface area contributed by atoms with E-state index in [4.69, 9.17) is 33.2 Å². The highest BCUT2D eigenvalue weighted by Crippen LogP contribution is 2.53. The van der Waals surface area contributed by atoms with Gasteiger partial charge in [0.05, 0.1) is 46.2 Å². The minimum atomic E-state index is -0.736. The van der Waals surface area contributed by atoms with Crippen molar-refractivity contribution in [3.63, 3.8) is 0 Å². The van der Waals surface area contributed by atoms with Crippen molar-refractivity contribution in [2.45, 2.75) is 50.3 Å². The standard InChI is InChI=1S/C44H42O9/c1-47-33-21-18-29(19-22-33)20-23-34(45)38-35(46)24-36-39(41(38)48-2)42-44(52-36)43(51-27-32-16-10-5-11-17-32)40(50-26-31-14-8-4-9-15-31)37(53-42)28-49-25-30-12-6-3-7-13-30/h3-24,37,40,42-44,46H,25-28H2,1-2H3/t37-,40-,42+,43+,44-/m1/s1. The molecule has 1 saturated heterocycles. The lowest BCUT2D eigenvalue weighted by atomic mass is 9.90. The van der Waals surface area contributed by atoms with Crippen LogP contribution in [0.4, 0.5) is 0 Å². The predicted octanol–water partition coefficient (Wildman–Crippen LogP) is 7.89. The van der Waals surface area contributed by atoms with Gasteiger partial charge in [-0.25, -0.2) is 0 Å². The maximum Gasteiger partial charge on any atom is 0.193 e. The number of hydrogen-bond donors (Lipinski definition) is 1. The molecule has 7 rings (SSSR count). The molecule has 2 heterocycles. The molecule has 5 atom stereocenters. The maximum absolute atomic E-state index is 13.7. The molecular formula is C44H42O9. The third kappa shape index (κ3) is 8.29. The zero-order valence-electron chi connectivity index (χ0n) is 29.6. The number of methoxy groups -OCH3 is 2. The van der Waals surface area contributed by atoms with Crippen molar-refractivity contribution >= 4 is 11.9 Å². The van der Waals surface area contributed by atoms with Crippen molar-refractivity contribution in [2.75, 3.05) is 20.8 Å². The second-order valence-electron chi connectivity index (χ2n) is 12.9. The molecule has 0 spiro atoms. The van der Waals surface area contributed by atoms with Crippen molar-refractivity contribution in [2.24, 2.45) is 0 Å².